The molecule has 0 bridgehead atoms. The van der Waals surface area contributed by atoms with E-state index in [1.807, 2.05) is 30.5 Å². The molecule has 1 aromatic heterocycles. The van der Waals surface area contributed by atoms with E-state index in [1.54, 1.807) is 10.9 Å². The topological polar surface area (TPSA) is 17.8 Å². The Kier molecular flexibility index (Phi) is 2.55. The molecule has 0 aliphatic carbocycles. The van der Waals surface area contributed by atoms with Crippen molar-refractivity contribution in [2.24, 2.45) is 0 Å². The van der Waals surface area contributed by atoms with E-state index in [0.29, 0.717) is 5.02 Å². The van der Waals surface area contributed by atoms with Gasteiger partial charge >= 0.3 is 0 Å². The molecule has 0 amide bonds. The normalized spacial score (nSPS) is 10.3. The maximum atomic E-state index is 6.00. The number of halogens is 2. The second kappa shape index (κ2) is 3.67. The quantitative estimate of drug-likeness (QED) is 0.740. The lowest BCUT2D eigenvalue weighted by Gasteiger charge is -2.02. The molecule has 0 fully saturated rings. The minimum absolute atomic E-state index is 0.710. The van der Waals surface area contributed by atoms with Gasteiger partial charge in [0, 0.05) is 6.20 Å². The van der Waals surface area contributed by atoms with E-state index in [0.717, 1.165) is 9.26 Å². The van der Waals surface area contributed by atoms with Crippen LogP contribution in [0.2, 0.25) is 5.02 Å². The Hall–Kier alpha value is -0.550. The molecule has 0 spiro atoms. The Labute approximate surface area is 94.7 Å². The molecule has 4 heteroatoms. The number of hydrogen-bond donors (Lipinski definition) is 0. The second-order valence-electron chi connectivity index (χ2n) is 2.55. The van der Waals surface area contributed by atoms with Crippen LogP contribution in [0.5, 0.6) is 0 Å². The number of nitrogens with zero attached hydrogens (tertiary/aromatic N) is 2. The molecule has 1 heterocycles. The molecule has 66 valence electrons. The lowest BCUT2D eigenvalue weighted by Crippen LogP contribution is -1.94. The Morgan fingerprint density at radius 2 is 2.08 bits per heavy atom. The Morgan fingerprint density at radius 3 is 2.69 bits per heavy atom. The summed E-state index contributed by atoms with van der Waals surface area (Å²) < 4.78 is 2.86. The molecule has 0 N–H and O–H groups in total. The Balaban J connectivity index is 2.52. The molecule has 13 heavy (non-hydrogen) atoms. The van der Waals surface area contributed by atoms with Crippen LogP contribution in [0.15, 0.2) is 36.7 Å². The number of aromatic nitrogens is 2. The van der Waals surface area contributed by atoms with E-state index in [1.165, 1.54) is 0 Å². The van der Waals surface area contributed by atoms with Gasteiger partial charge in [0.1, 0.15) is 0 Å². The van der Waals surface area contributed by atoms with Gasteiger partial charge in [-0.15, -0.1) is 0 Å². The fourth-order valence-corrected chi connectivity index (χ4v) is 1.68. The van der Waals surface area contributed by atoms with Gasteiger partial charge < -0.3 is 0 Å². The summed E-state index contributed by atoms with van der Waals surface area (Å²) in [6.07, 6.45) is 3.73. The van der Waals surface area contributed by atoms with E-state index in [2.05, 4.69) is 27.7 Å². The predicted octanol–water partition coefficient (Wildman–Crippen LogP) is 3.13. The highest BCUT2D eigenvalue weighted by Crippen LogP contribution is 2.19. The van der Waals surface area contributed by atoms with Crippen LogP contribution >= 0.6 is 34.2 Å². The zero-order valence-corrected chi connectivity index (χ0v) is 9.53. The maximum Gasteiger partial charge on any atom is 0.0832 e. The van der Waals surface area contributed by atoms with Crippen molar-refractivity contribution in [1.29, 1.82) is 0 Å². The second-order valence-corrected chi connectivity index (χ2v) is 4.21. The van der Waals surface area contributed by atoms with Gasteiger partial charge in [-0.3, -0.25) is 0 Å². The number of benzene rings is 1. The van der Waals surface area contributed by atoms with Gasteiger partial charge in [-0.2, -0.15) is 5.10 Å². The van der Waals surface area contributed by atoms with Gasteiger partial charge in [0.05, 0.1) is 20.5 Å². The highest BCUT2D eigenvalue weighted by Gasteiger charge is 2.01. The summed E-state index contributed by atoms with van der Waals surface area (Å²) >= 11 is 8.22. The maximum absolute atomic E-state index is 6.00. The summed E-state index contributed by atoms with van der Waals surface area (Å²) in [6, 6.07) is 7.63. The molecule has 0 radical (unpaired) electrons. The first-order valence-electron chi connectivity index (χ1n) is 3.72. The zero-order chi connectivity index (χ0) is 9.26. The molecule has 0 saturated carbocycles. The van der Waals surface area contributed by atoms with E-state index < -0.39 is 0 Å². The van der Waals surface area contributed by atoms with Crippen LogP contribution in [0.1, 0.15) is 0 Å². The van der Waals surface area contributed by atoms with E-state index in [-0.39, 0.29) is 0 Å². The van der Waals surface area contributed by atoms with Crippen LogP contribution in [-0.2, 0) is 0 Å². The molecule has 0 aliphatic rings. The molecule has 0 aliphatic heterocycles. The highest BCUT2D eigenvalue weighted by atomic mass is 127. The summed E-state index contributed by atoms with van der Waals surface area (Å²) in [4.78, 5) is 0. The predicted molar refractivity (Wildman–Crippen MR) is 61.3 cm³/mol. The van der Waals surface area contributed by atoms with Crippen molar-refractivity contribution < 1.29 is 0 Å². The zero-order valence-electron chi connectivity index (χ0n) is 6.61. The summed E-state index contributed by atoms with van der Waals surface area (Å²) in [5.74, 6) is 0. The standard InChI is InChI=1S/C9H6ClIN2/c10-8-3-1-2-4-9(8)13-6-7(11)5-12-13/h1-6H. The first kappa shape index (κ1) is 9.02. The molecule has 0 unspecified atom stereocenters. The number of para-hydroxylation sites is 1. The van der Waals surface area contributed by atoms with Crippen LogP contribution in [0, 0.1) is 3.57 Å². The molecule has 2 rings (SSSR count). The summed E-state index contributed by atoms with van der Waals surface area (Å²) in [5.41, 5.74) is 0.909. The van der Waals surface area contributed by atoms with Crippen molar-refractivity contribution >= 4 is 34.2 Å². The third-order valence-corrected chi connectivity index (χ3v) is 2.53. The van der Waals surface area contributed by atoms with Crippen molar-refractivity contribution in [3.05, 3.63) is 45.3 Å². The lowest BCUT2D eigenvalue weighted by atomic mass is 10.3. The van der Waals surface area contributed by atoms with E-state index in [4.69, 9.17) is 11.6 Å². The summed E-state index contributed by atoms with van der Waals surface area (Å²) in [7, 11) is 0. The minimum Gasteiger partial charge on any atom is -0.238 e. The molecule has 1 aromatic carbocycles. The van der Waals surface area contributed by atoms with Crippen molar-refractivity contribution in [2.45, 2.75) is 0 Å². The van der Waals surface area contributed by atoms with Gasteiger partial charge in [-0.25, -0.2) is 4.68 Å². The average Bonchev–Trinajstić information content (AvgIpc) is 2.53. The van der Waals surface area contributed by atoms with Gasteiger partial charge in [0.2, 0.25) is 0 Å². The summed E-state index contributed by atoms with van der Waals surface area (Å²) in [6.45, 7) is 0. The fraction of sp³-hybridized carbons (Fsp3) is 0. The fourth-order valence-electron chi connectivity index (χ4n) is 1.07. The highest BCUT2D eigenvalue weighted by molar-refractivity contribution is 14.1. The van der Waals surface area contributed by atoms with Crippen LogP contribution in [-0.4, -0.2) is 9.78 Å². The van der Waals surface area contributed by atoms with Crippen LogP contribution in [0.3, 0.4) is 0 Å². The summed E-state index contributed by atoms with van der Waals surface area (Å²) in [5, 5.41) is 4.88. The van der Waals surface area contributed by atoms with Crippen molar-refractivity contribution in [3.8, 4) is 5.69 Å². The average molecular weight is 305 g/mol. The Bertz CT molecular complexity index is 425. The smallest absolute Gasteiger partial charge is 0.0832 e. The number of rotatable bonds is 1. The molecule has 0 atom stereocenters. The van der Waals surface area contributed by atoms with E-state index in [9.17, 15) is 0 Å². The molecular weight excluding hydrogens is 298 g/mol. The van der Waals surface area contributed by atoms with Crippen molar-refractivity contribution in [1.82, 2.24) is 9.78 Å². The Morgan fingerprint density at radius 1 is 1.31 bits per heavy atom. The van der Waals surface area contributed by atoms with Gasteiger partial charge in [-0.05, 0) is 34.7 Å². The SMILES string of the molecule is Clc1ccccc1-n1cc(I)cn1. The van der Waals surface area contributed by atoms with Crippen LogP contribution in [0.4, 0.5) is 0 Å². The van der Waals surface area contributed by atoms with Gasteiger partial charge in [0.25, 0.3) is 0 Å². The lowest BCUT2D eigenvalue weighted by molar-refractivity contribution is 0.880. The number of hydrogen-bond acceptors (Lipinski definition) is 1. The third kappa shape index (κ3) is 1.86. The van der Waals surface area contributed by atoms with E-state index >= 15 is 0 Å². The largest absolute Gasteiger partial charge is 0.238 e. The van der Waals surface area contributed by atoms with Gasteiger partial charge in [0.15, 0.2) is 0 Å². The molecular formula is C9H6ClIN2. The van der Waals surface area contributed by atoms with Crippen molar-refractivity contribution in [2.75, 3.05) is 0 Å². The monoisotopic (exact) mass is 304 g/mol. The minimum atomic E-state index is 0.710. The van der Waals surface area contributed by atoms with Gasteiger partial charge in [-0.1, -0.05) is 23.7 Å². The first-order valence-corrected chi connectivity index (χ1v) is 5.18. The molecule has 2 nitrogen and oxygen atoms in total. The molecule has 2 aromatic rings. The van der Waals surface area contributed by atoms with Crippen LogP contribution < -0.4 is 0 Å². The first-order chi connectivity index (χ1) is 6.27. The van der Waals surface area contributed by atoms with Crippen molar-refractivity contribution in [3.63, 3.8) is 0 Å². The third-order valence-electron chi connectivity index (χ3n) is 1.65. The van der Waals surface area contributed by atoms with Crippen LogP contribution in [0.25, 0.3) is 5.69 Å². The molecule has 0 saturated heterocycles.